The molecule has 2 aromatic heterocycles. The number of amides is 6. The van der Waals surface area contributed by atoms with Crippen LogP contribution >= 0.6 is 0 Å². The van der Waals surface area contributed by atoms with Gasteiger partial charge >= 0.3 is 6.03 Å². The molecule has 0 spiro atoms. The molecule has 2 N–H and O–H groups in total. The Morgan fingerprint density at radius 3 is 2.34 bits per heavy atom. The zero-order valence-corrected chi connectivity index (χ0v) is 34.7. The lowest BCUT2D eigenvalue weighted by atomic mass is 9.96. The van der Waals surface area contributed by atoms with Gasteiger partial charge in [0.05, 0.1) is 39.8 Å². The number of carbonyl (C=O) groups is 5. The molecule has 0 saturated carbocycles. The van der Waals surface area contributed by atoms with Crippen molar-refractivity contribution in [1.82, 2.24) is 30.0 Å². The molecule has 4 aromatic rings. The third-order valence-corrected chi connectivity index (χ3v) is 13.1. The number of rotatable bonds is 7. The van der Waals surface area contributed by atoms with Crippen molar-refractivity contribution in [3.63, 3.8) is 0 Å². The largest absolute Gasteiger partial charge is 0.367 e. The van der Waals surface area contributed by atoms with Crippen LogP contribution < -0.4 is 25.3 Å². The maximum absolute atomic E-state index is 15.5. The Kier molecular flexibility index (Phi) is 10.9. The number of imide groups is 2. The standard InChI is InChI=1S/C45H48FN11O5/c1-27-25-56(28(2)24-55(27)36-7-5-30(22-47)41-32(36)4-3-13-48-41)45(62)50-31-6-9-39(49-23-31)54-14-11-29(12-15-54)26-52-16-18-53(19-17-52)38-21-34-33(20-35(38)46)43(60)57(44(34)61)37-8-10-40(58)51-42(37)59/h3-7,9,13,20-21,23,27-29,37H,8,10-12,14-19,24-26H2,1-2H3,(H,50,62)(H,51,58,59)/t27-,28+,37?/m0/s1. The number of hydrogen-bond acceptors (Lipinski definition) is 12. The van der Waals surface area contributed by atoms with Crippen molar-refractivity contribution in [3.05, 3.63) is 83.4 Å². The summed E-state index contributed by atoms with van der Waals surface area (Å²) >= 11 is 0. The van der Waals surface area contributed by atoms with Gasteiger partial charge in [0.15, 0.2) is 0 Å². The summed E-state index contributed by atoms with van der Waals surface area (Å²) in [5.41, 5.74) is 3.12. The fourth-order valence-corrected chi connectivity index (χ4v) is 9.69. The lowest BCUT2D eigenvalue weighted by Gasteiger charge is -2.45. The number of nitriles is 1. The molecule has 62 heavy (non-hydrogen) atoms. The van der Waals surface area contributed by atoms with Crippen LogP contribution in [0.2, 0.25) is 0 Å². The number of hydrogen-bond donors (Lipinski definition) is 2. The van der Waals surface area contributed by atoms with E-state index in [-0.39, 0.29) is 47.8 Å². The number of pyridine rings is 2. The van der Waals surface area contributed by atoms with Gasteiger partial charge in [-0.1, -0.05) is 0 Å². The zero-order chi connectivity index (χ0) is 43.2. The van der Waals surface area contributed by atoms with Gasteiger partial charge in [-0.25, -0.2) is 14.2 Å². The lowest BCUT2D eigenvalue weighted by Crippen LogP contribution is -2.59. The van der Waals surface area contributed by atoms with Crippen molar-refractivity contribution in [3.8, 4) is 6.07 Å². The topological polar surface area (TPSA) is 178 Å². The molecule has 3 atom stereocenters. The van der Waals surface area contributed by atoms with Gasteiger partial charge in [-0.05, 0) is 87.6 Å². The highest BCUT2D eigenvalue weighted by Gasteiger charge is 2.45. The maximum atomic E-state index is 15.5. The Balaban J connectivity index is 0.737. The molecule has 5 aliphatic rings. The SMILES string of the molecule is C[C@@H]1CN(c2ccc(C#N)c3ncccc23)[C@@H](C)CN1C(=O)Nc1ccc(N2CCC(CN3CCN(c4cc5c(cc4F)C(=O)N(C4CCC(=O)NC4=O)C5=O)CC3)CC2)nc1. The van der Waals surface area contributed by atoms with Crippen LogP contribution in [0.3, 0.4) is 0 Å². The predicted octanol–water partition coefficient (Wildman–Crippen LogP) is 4.21. The first kappa shape index (κ1) is 40.7. The fraction of sp³-hybridized carbons (Fsp3) is 0.422. The van der Waals surface area contributed by atoms with Crippen LogP contribution in [0.4, 0.5) is 32.1 Å². The molecule has 5 aliphatic heterocycles. The third kappa shape index (κ3) is 7.63. The Labute approximate surface area is 358 Å². The molecule has 9 rings (SSSR count). The van der Waals surface area contributed by atoms with Crippen LogP contribution in [-0.4, -0.2) is 131 Å². The predicted molar refractivity (Wildman–Crippen MR) is 229 cm³/mol. The molecule has 0 aliphatic carbocycles. The van der Waals surface area contributed by atoms with E-state index in [2.05, 4.69) is 43.3 Å². The Hall–Kier alpha value is -6.67. The number of nitrogens with zero attached hydrogens (tertiary/aromatic N) is 9. The Bertz CT molecular complexity index is 2500. The summed E-state index contributed by atoms with van der Waals surface area (Å²) in [4.78, 5) is 84.8. The van der Waals surface area contributed by atoms with Gasteiger partial charge < -0.3 is 24.9 Å². The number of fused-ring (bicyclic) bond motifs is 2. The van der Waals surface area contributed by atoms with Crippen LogP contribution in [-0.2, 0) is 9.59 Å². The molecule has 2 aromatic carbocycles. The first-order chi connectivity index (χ1) is 30.0. The molecular formula is C45H48FN11O5. The molecule has 1 unspecified atom stereocenters. The van der Waals surface area contributed by atoms with Crippen molar-refractivity contribution in [2.75, 3.05) is 78.9 Å². The van der Waals surface area contributed by atoms with Crippen molar-refractivity contribution in [2.45, 2.75) is 57.7 Å². The minimum Gasteiger partial charge on any atom is -0.367 e. The summed E-state index contributed by atoms with van der Waals surface area (Å²) in [6, 6.07) is 15.0. The smallest absolute Gasteiger partial charge is 0.322 e. The number of piperidine rings is 2. The lowest BCUT2D eigenvalue weighted by molar-refractivity contribution is -0.136. The molecular weight excluding hydrogens is 794 g/mol. The van der Waals surface area contributed by atoms with E-state index in [0.717, 1.165) is 73.4 Å². The first-order valence-corrected chi connectivity index (χ1v) is 21.3. The highest BCUT2D eigenvalue weighted by Crippen LogP contribution is 2.35. The van der Waals surface area contributed by atoms with Crippen molar-refractivity contribution in [1.29, 1.82) is 5.26 Å². The van der Waals surface area contributed by atoms with Gasteiger partial charge in [0.1, 0.15) is 23.7 Å². The van der Waals surface area contributed by atoms with Gasteiger partial charge in [0, 0.05) is 94.7 Å². The van der Waals surface area contributed by atoms with E-state index in [0.29, 0.717) is 48.9 Å². The molecule has 6 amide bonds. The summed E-state index contributed by atoms with van der Waals surface area (Å²) in [6.45, 7) is 10.5. The molecule has 4 saturated heterocycles. The average Bonchev–Trinajstić information content (AvgIpc) is 3.51. The minimum atomic E-state index is -1.10. The summed E-state index contributed by atoms with van der Waals surface area (Å²) < 4.78 is 15.5. The zero-order valence-electron chi connectivity index (χ0n) is 34.7. The number of nitrogens with one attached hydrogen (secondary N) is 2. The molecule has 0 radical (unpaired) electrons. The van der Waals surface area contributed by atoms with E-state index in [1.54, 1.807) is 12.4 Å². The van der Waals surface area contributed by atoms with Gasteiger partial charge in [-0.3, -0.25) is 39.3 Å². The number of benzene rings is 2. The highest BCUT2D eigenvalue weighted by molar-refractivity contribution is 6.23. The van der Waals surface area contributed by atoms with E-state index in [4.69, 9.17) is 4.98 Å². The molecule has 17 heteroatoms. The van der Waals surface area contributed by atoms with Gasteiger partial charge in [0.2, 0.25) is 11.8 Å². The van der Waals surface area contributed by atoms with Crippen LogP contribution in [0.5, 0.6) is 0 Å². The average molecular weight is 842 g/mol. The third-order valence-electron chi connectivity index (χ3n) is 13.1. The number of urea groups is 1. The van der Waals surface area contributed by atoms with Crippen LogP contribution in [0.1, 0.15) is 65.8 Å². The number of anilines is 4. The van der Waals surface area contributed by atoms with Crippen LogP contribution in [0.25, 0.3) is 10.9 Å². The quantitative estimate of drug-likeness (QED) is 0.254. The number of carbonyl (C=O) groups excluding carboxylic acids is 5. The second kappa shape index (κ2) is 16.7. The molecule has 16 nitrogen and oxygen atoms in total. The summed E-state index contributed by atoms with van der Waals surface area (Å²) in [5.74, 6) is -1.76. The van der Waals surface area contributed by atoms with Gasteiger partial charge in [-0.2, -0.15) is 5.26 Å². The Morgan fingerprint density at radius 1 is 0.871 bits per heavy atom. The second-order valence-corrected chi connectivity index (χ2v) is 17.0. The second-order valence-electron chi connectivity index (χ2n) is 17.0. The van der Waals surface area contributed by atoms with E-state index < -0.39 is 35.5 Å². The summed E-state index contributed by atoms with van der Waals surface area (Å²) in [5, 5.41) is 15.7. The van der Waals surface area contributed by atoms with Crippen LogP contribution in [0, 0.1) is 23.1 Å². The highest BCUT2D eigenvalue weighted by atomic mass is 19.1. The molecule has 4 fully saturated rings. The van der Waals surface area contributed by atoms with E-state index in [1.807, 2.05) is 53.1 Å². The number of aromatic nitrogens is 2. The monoisotopic (exact) mass is 841 g/mol. The summed E-state index contributed by atoms with van der Waals surface area (Å²) in [6.07, 6.45) is 5.46. The number of halogens is 1. The number of piperazine rings is 2. The molecule has 0 bridgehead atoms. The van der Waals surface area contributed by atoms with E-state index in [1.165, 1.54) is 6.07 Å². The fourth-order valence-electron chi connectivity index (χ4n) is 9.69. The van der Waals surface area contributed by atoms with Gasteiger partial charge in [-0.15, -0.1) is 0 Å². The van der Waals surface area contributed by atoms with Crippen molar-refractivity contribution < 1.29 is 28.4 Å². The Morgan fingerprint density at radius 2 is 1.63 bits per heavy atom. The van der Waals surface area contributed by atoms with Crippen molar-refractivity contribution >= 4 is 63.4 Å². The summed E-state index contributed by atoms with van der Waals surface area (Å²) in [7, 11) is 0. The van der Waals surface area contributed by atoms with Crippen LogP contribution in [0.15, 0.2) is 60.9 Å². The van der Waals surface area contributed by atoms with Gasteiger partial charge in [0.25, 0.3) is 11.8 Å². The van der Waals surface area contributed by atoms with E-state index >= 15 is 4.39 Å². The normalized spacial score (nSPS) is 22.5. The maximum Gasteiger partial charge on any atom is 0.322 e. The first-order valence-electron chi connectivity index (χ1n) is 21.3. The minimum absolute atomic E-state index is 0.0149. The van der Waals surface area contributed by atoms with E-state index in [9.17, 15) is 29.2 Å². The molecule has 7 heterocycles. The van der Waals surface area contributed by atoms with Crippen molar-refractivity contribution in [2.24, 2.45) is 5.92 Å². The molecule has 320 valence electrons.